The van der Waals surface area contributed by atoms with Gasteiger partial charge in [-0.05, 0) is 55.3 Å². The van der Waals surface area contributed by atoms with Gasteiger partial charge in [-0.2, -0.15) is 0 Å². The molecule has 0 saturated carbocycles. The highest BCUT2D eigenvalue weighted by molar-refractivity contribution is 7.09. The van der Waals surface area contributed by atoms with Crippen LogP contribution >= 0.6 is 11.3 Å². The van der Waals surface area contributed by atoms with Gasteiger partial charge in [0.2, 0.25) is 0 Å². The molecule has 1 aromatic heterocycles. The average Bonchev–Trinajstić information content (AvgIpc) is 3.25. The third kappa shape index (κ3) is 5.39. The molecular formula is C20H27N2O2S+. The first-order valence-corrected chi connectivity index (χ1v) is 9.83. The van der Waals surface area contributed by atoms with E-state index in [0.717, 1.165) is 49.4 Å². The summed E-state index contributed by atoms with van der Waals surface area (Å²) in [6.45, 7) is 7.14. The number of ether oxygens (including phenoxy) is 1. The highest BCUT2D eigenvalue weighted by Crippen LogP contribution is 2.16. The molecule has 1 saturated heterocycles. The molecule has 1 amide bonds. The summed E-state index contributed by atoms with van der Waals surface area (Å²) in [5.41, 5.74) is 3.17. The Hall–Kier alpha value is -1.69. The molecule has 5 heteroatoms. The third-order valence-electron chi connectivity index (χ3n) is 4.62. The number of hydrogen-bond donors (Lipinski definition) is 2. The van der Waals surface area contributed by atoms with Crippen LogP contribution in [0.1, 0.15) is 28.8 Å². The van der Waals surface area contributed by atoms with Crippen molar-refractivity contribution in [2.75, 3.05) is 25.0 Å². The van der Waals surface area contributed by atoms with Gasteiger partial charge < -0.3 is 15.0 Å². The summed E-state index contributed by atoms with van der Waals surface area (Å²) in [5, 5.41) is 5.18. The number of hydrogen-bond acceptors (Lipinski definition) is 3. The van der Waals surface area contributed by atoms with Gasteiger partial charge in [-0.25, -0.2) is 0 Å². The summed E-state index contributed by atoms with van der Waals surface area (Å²) in [7, 11) is 0. The number of carbonyl (C=O) groups is 1. The number of amides is 1. The molecule has 1 aliphatic heterocycles. The smallest absolute Gasteiger partial charge is 0.279 e. The lowest BCUT2D eigenvalue weighted by atomic mass is 10.1. The Labute approximate surface area is 153 Å². The van der Waals surface area contributed by atoms with Crippen LogP contribution in [0.25, 0.3) is 0 Å². The van der Waals surface area contributed by atoms with Gasteiger partial charge in [0.1, 0.15) is 19.2 Å². The van der Waals surface area contributed by atoms with Gasteiger partial charge >= 0.3 is 0 Å². The molecule has 1 fully saturated rings. The second kappa shape index (κ2) is 8.61. The van der Waals surface area contributed by atoms with Gasteiger partial charge in [-0.15, -0.1) is 11.3 Å². The topological polar surface area (TPSA) is 42.8 Å². The monoisotopic (exact) mass is 359 g/mol. The summed E-state index contributed by atoms with van der Waals surface area (Å²) < 4.78 is 5.79. The van der Waals surface area contributed by atoms with Crippen LogP contribution in [0.15, 0.2) is 35.7 Å². The van der Waals surface area contributed by atoms with Crippen molar-refractivity contribution in [3.05, 3.63) is 51.7 Å². The third-order valence-corrected chi connectivity index (χ3v) is 5.50. The summed E-state index contributed by atoms with van der Waals surface area (Å²) in [6, 6.07) is 10.4. The maximum Gasteiger partial charge on any atom is 0.279 e. The first-order chi connectivity index (χ1) is 12.1. The number of benzene rings is 1. The van der Waals surface area contributed by atoms with E-state index in [0.29, 0.717) is 6.54 Å². The second-order valence-corrected chi connectivity index (χ2v) is 7.92. The molecule has 2 atom stereocenters. The fourth-order valence-corrected chi connectivity index (χ4v) is 4.06. The highest BCUT2D eigenvalue weighted by Gasteiger charge is 2.24. The highest BCUT2D eigenvalue weighted by atomic mass is 32.1. The number of nitrogens with one attached hydrogen (secondary N) is 2. The van der Waals surface area contributed by atoms with Gasteiger partial charge in [0.25, 0.3) is 5.91 Å². The van der Waals surface area contributed by atoms with Gasteiger partial charge in [-0.1, -0.05) is 18.2 Å². The molecule has 0 aliphatic carbocycles. The molecule has 1 aromatic carbocycles. The SMILES string of the molecule is Cc1ccc(C)c(NC(=O)C[NH+](Cc2cccs2)C[C@@H]2CCCO2)c1. The first-order valence-electron chi connectivity index (χ1n) is 8.95. The number of carbonyl (C=O) groups excluding carboxylic acids is 1. The van der Waals surface area contributed by atoms with E-state index in [2.05, 4.69) is 28.9 Å². The molecule has 2 heterocycles. The number of aryl methyl sites for hydroxylation is 2. The average molecular weight is 360 g/mol. The van der Waals surface area contributed by atoms with Crippen molar-refractivity contribution < 1.29 is 14.4 Å². The van der Waals surface area contributed by atoms with Crippen molar-refractivity contribution in [3.63, 3.8) is 0 Å². The van der Waals surface area contributed by atoms with Crippen LogP contribution in [0.5, 0.6) is 0 Å². The molecule has 1 aliphatic rings. The van der Waals surface area contributed by atoms with Crippen LogP contribution < -0.4 is 10.2 Å². The fraction of sp³-hybridized carbons (Fsp3) is 0.450. The van der Waals surface area contributed by atoms with Crippen molar-refractivity contribution in [1.82, 2.24) is 0 Å². The zero-order valence-electron chi connectivity index (χ0n) is 15.0. The van der Waals surface area contributed by atoms with Crippen molar-refractivity contribution in [1.29, 1.82) is 0 Å². The molecule has 0 radical (unpaired) electrons. The first kappa shape index (κ1) is 18.1. The van der Waals surface area contributed by atoms with E-state index in [1.807, 2.05) is 26.0 Å². The van der Waals surface area contributed by atoms with E-state index in [1.54, 1.807) is 11.3 Å². The minimum absolute atomic E-state index is 0.0678. The van der Waals surface area contributed by atoms with E-state index in [9.17, 15) is 4.79 Å². The molecule has 0 bridgehead atoms. The number of anilines is 1. The molecule has 0 spiro atoms. The van der Waals surface area contributed by atoms with E-state index in [4.69, 9.17) is 4.74 Å². The molecule has 3 rings (SSSR count). The molecule has 2 N–H and O–H groups in total. The van der Waals surface area contributed by atoms with Gasteiger partial charge in [0.15, 0.2) is 6.54 Å². The van der Waals surface area contributed by atoms with Crippen molar-refractivity contribution in [2.45, 2.75) is 39.3 Å². The van der Waals surface area contributed by atoms with Gasteiger partial charge in [-0.3, -0.25) is 4.79 Å². The fourth-order valence-electron chi connectivity index (χ4n) is 3.29. The van der Waals surface area contributed by atoms with Crippen LogP contribution in [0.2, 0.25) is 0 Å². The Morgan fingerprint density at radius 3 is 2.96 bits per heavy atom. The predicted molar refractivity (Wildman–Crippen MR) is 102 cm³/mol. The Bertz CT molecular complexity index is 694. The zero-order valence-corrected chi connectivity index (χ0v) is 15.8. The Balaban J connectivity index is 1.63. The Morgan fingerprint density at radius 1 is 1.36 bits per heavy atom. The lowest BCUT2D eigenvalue weighted by molar-refractivity contribution is -0.908. The minimum Gasteiger partial charge on any atom is -0.372 e. The molecule has 25 heavy (non-hydrogen) atoms. The Morgan fingerprint density at radius 2 is 2.24 bits per heavy atom. The van der Waals surface area contributed by atoms with Crippen molar-refractivity contribution in [3.8, 4) is 0 Å². The summed E-state index contributed by atoms with van der Waals surface area (Å²) in [5.74, 6) is 0.0678. The van der Waals surface area contributed by atoms with E-state index < -0.39 is 0 Å². The minimum atomic E-state index is 0.0678. The number of thiophene rings is 1. The predicted octanol–water partition coefficient (Wildman–Crippen LogP) is 2.57. The molecule has 2 aromatic rings. The molecule has 4 nitrogen and oxygen atoms in total. The zero-order chi connectivity index (χ0) is 17.6. The Kier molecular flexibility index (Phi) is 6.24. The van der Waals surface area contributed by atoms with Crippen LogP contribution in [0.3, 0.4) is 0 Å². The maximum absolute atomic E-state index is 12.6. The van der Waals surface area contributed by atoms with Crippen LogP contribution in [0.4, 0.5) is 5.69 Å². The number of rotatable bonds is 7. The lowest BCUT2D eigenvalue weighted by Crippen LogP contribution is -3.12. The molecular weight excluding hydrogens is 332 g/mol. The van der Waals surface area contributed by atoms with E-state index in [1.165, 1.54) is 9.78 Å². The quantitative estimate of drug-likeness (QED) is 0.798. The van der Waals surface area contributed by atoms with Crippen LogP contribution in [0, 0.1) is 13.8 Å². The van der Waals surface area contributed by atoms with Crippen LogP contribution in [-0.2, 0) is 16.1 Å². The number of quaternary nitrogens is 1. The summed E-state index contributed by atoms with van der Waals surface area (Å²) in [6.07, 6.45) is 2.52. The van der Waals surface area contributed by atoms with Gasteiger partial charge in [0, 0.05) is 12.3 Å². The maximum atomic E-state index is 12.6. The normalized spacial score (nSPS) is 18.2. The van der Waals surface area contributed by atoms with Crippen molar-refractivity contribution >= 4 is 22.9 Å². The van der Waals surface area contributed by atoms with E-state index >= 15 is 0 Å². The largest absolute Gasteiger partial charge is 0.372 e. The second-order valence-electron chi connectivity index (χ2n) is 6.89. The van der Waals surface area contributed by atoms with Crippen LogP contribution in [-0.4, -0.2) is 31.7 Å². The molecule has 134 valence electrons. The summed E-state index contributed by atoms with van der Waals surface area (Å²) >= 11 is 1.75. The van der Waals surface area contributed by atoms with E-state index in [-0.39, 0.29) is 12.0 Å². The van der Waals surface area contributed by atoms with Gasteiger partial charge in [0.05, 0.1) is 4.88 Å². The molecule has 1 unspecified atom stereocenters. The van der Waals surface area contributed by atoms with Crippen molar-refractivity contribution in [2.24, 2.45) is 0 Å². The standard InChI is InChI=1S/C20H26N2O2S/c1-15-7-8-16(2)19(11-15)21-20(23)14-22(12-17-5-3-9-24-17)13-18-6-4-10-25-18/h4,6-8,10-11,17H,3,5,9,12-14H2,1-2H3,(H,21,23)/p+1/t17-/m0/s1. The lowest BCUT2D eigenvalue weighted by Gasteiger charge is -2.21. The summed E-state index contributed by atoms with van der Waals surface area (Å²) in [4.78, 5) is 15.2.